The molecule has 0 aliphatic carbocycles. The second-order valence-corrected chi connectivity index (χ2v) is 6.23. The highest BCUT2D eigenvalue weighted by Gasteiger charge is 2.10. The molecule has 2 aromatic carbocycles. The maximum absolute atomic E-state index is 12.3. The Morgan fingerprint density at radius 3 is 2.39 bits per heavy atom. The van der Waals surface area contributed by atoms with Crippen LogP contribution in [-0.2, 0) is 0 Å². The topological polar surface area (TPSA) is 99.9 Å². The van der Waals surface area contributed by atoms with Gasteiger partial charge in [-0.25, -0.2) is 9.97 Å². The Bertz CT molecular complexity index is 993. The average Bonchev–Trinajstić information content (AvgIpc) is 2.70. The Morgan fingerprint density at radius 2 is 1.75 bits per heavy atom. The third-order valence-corrected chi connectivity index (χ3v) is 3.68. The van der Waals surface area contributed by atoms with E-state index in [1.807, 2.05) is 44.2 Å². The number of carbonyl (C=O) groups excluding carboxylic acids is 1. The van der Waals surface area contributed by atoms with Crippen molar-refractivity contribution in [2.45, 2.75) is 20.0 Å². The van der Waals surface area contributed by atoms with Crippen LogP contribution in [0.5, 0.6) is 5.75 Å². The summed E-state index contributed by atoms with van der Waals surface area (Å²) in [6, 6.07) is 16.1. The van der Waals surface area contributed by atoms with Crippen LogP contribution in [0.1, 0.15) is 29.8 Å². The summed E-state index contributed by atoms with van der Waals surface area (Å²) < 4.78 is 5.76. The van der Waals surface area contributed by atoms with E-state index in [0.29, 0.717) is 28.5 Å². The van der Waals surface area contributed by atoms with E-state index in [4.69, 9.17) is 10.00 Å². The zero-order valence-corrected chi connectivity index (χ0v) is 15.5. The first-order valence-electron chi connectivity index (χ1n) is 8.71. The van der Waals surface area contributed by atoms with Crippen molar-refractivity contribution in [2.75, 3.05) is 10.6 Å². The molecule has 3 aromatic rings. The highest BCUT2D eigenvalue weighted by Crippen LogP contribution is 2.26. The fourth-order valence-corrected chi connectivity index (χ4v) is 2.39. The van der Waals surface area contributed by atoms with E-state index in [2.05, 4.69) is 20.6 Å². The van der Waals surface area contributed by atoms with Gasteiger partial charge in [0.15, 0.2) is 0 Å². The molecule has 1 heterocycles. The molecule has 3 rings (SSSR count). The van der Waals surface area contributed by atoms with Crippen molar-refractivity contribution in [1.82, 2.24) is 9.97 Å². The summed E-state index contributed by atoms with van der Waals surface area (Å²) in [5, 5.41) is 14.6. The number of aromatic nitrogens is 2. The van der Waals surface area contributed by atoms with Crippen LogP contribution in [0.4, 0.5) is 17.3 Å². The van der Waals surface area contributed by atoms with Gasteiger partial charge >= 0.3 is 0 Å². The number of nitrogens with one attached hydrogen (secondary N) is 2. The molecule has 0 bridgehead atoms. The van der Waals surface area contributed by atoms with Gasteiger partial charge in [0, 0.05) is 18.1 Å². The van der Waals surface area contributed by atoms with E-state index in [1.54, 1.807) is 24.3 Å². The molecule has 7 heteroatoms. The quantitative estimate of drug-likeness (QED) is 0.674. The standard InChI is InChI=1S/C21H19N5O2/c1-14(2)28-19-6-4-3-5-18(19)26-21-23-12-16(13-24-21)20(27)25-17-9-7-15(11-22)8-10-17/h3-10,12-14H,1-2H3,(H,25,27)(H,23,24,26). The number of benzene rings is 2. The lowest BCUT2D eigenvalue weighted by Crippen LogP contribution is -2.13. The molecule has 0 aliphatic heterocycles. The largest absolute Gasteiger partial charge is 0.489 e. The summed E-state index contributed by atoms with van der Waals surface area (Å²) in [6.45, 7) is 3.91. The van der Waals surface area contributed by atoms with Crippen LogP contribution in [0, 0.1) is 11.3 Å². The normalized spacial score (nSPS) is 10.2. The minimum atomic E-state index is -0.334. The van der Waals surface area contributed by atoms with Crippen molar-refractivity contribution >= 4 is 23.2 Å². The van der Waals surface area contributed by atoms with Gasteiger partial charge in [0.25, 0.3) is 5.91 Å². The molecule has 0 radical (unpaired) electrons. The van der Waals surface area contributed by atoms with Gasteiger partial charge in [-0.2, -0.15) is 5.26 Å². The van der Waals surface area contributed by atoms with Crippen molar-refractivity contribution < 1.29 is 9.53 Å². The molecule has 0 aliphatic rings. The van der Waals surface area contributed by atoms with Crippen LogP contribution >= 0.6 is 0 Å². The number of hydrogen-bond donors (Lipinski definition) is 2. The van der Waals surface area contributed by atoms with E-state index in [9.17, 15) is 4.79 Å². The smallest absolute Gasteiger partial charge is 0.258 e. The number of carbonyl (C=O) groups is 1. The van der Waals surface area contributed by atoms with Gasteiger partial charge in [0.05, 0.1) is 29.0 Å². The van der Waals surface area contributed by atoms with Crippen LogP contribution < -0.4 is 15.4 Å². The van der Waals surface area contributed by atoms with E-state index in [0.717, 1.165) is 5.69 Å². The summed E-state index contributed by atoms with van der Waals surface area (Å²) in [6.07, 6.45) is 2.93. The van der Waals surface area contributed by atoms with Gasteiger partial charge in [-0.15, -0.1) is 0 Å². The minimum Gasteiger partial charge on any atom is -0.489 e. The van der Waals surface area contributed by atoms with Crippen LogP contribution in [0.25, 0.3) is 0 Å². The summed E-state index contributed by atoms with van der Waals surface area (Å²) in [5.74, 6) is 0.721. The van der Waals surface area contributed by atoms with Crippen molar-refractivity contribution in [1.29, 1.82) is 5.26 Å². The first kappa shape index (κ1) is 18.9. The van der Waals surface area contributed by atoms with Gasteiger partial charge in [0.2, 0.25) is 5.95 Å². The van der Waals surface area contributed by atoms with Crippen LogP contribution in [0.3, 0.4) is 0 Å². The second kappa shape index (κ2) is 8.64. The lowest BCUT2D eigenvalue weighted by molar-refractivity contribution is 0.102. The monoisotopic (exact) mass is 373 g/mol. The number of ether oxygens (including phenoxy) is 1. The van der Waals surface area contributed by atoms with Crippen LogP contribution in [-0.4, -0.2) is 22.0 Å². The SMILES string of the molecule is CC(C)Oc1ccccc1Nc1ncc(C(=O)Nc2ccc(C#N)cc2)cn1. The van der Waals surface area contributed by atoms with E-state index in [-0.39, 0.29) is 12.0 Å². The summed E-state index contributed by atoms with van der Waals surface area (Å²) in [4.78, 5) is 20.7. The molecule has 0 saturated carbocycles. The van der Waals surface area contributed by atoms with Gasteiger partial charge in [-0.3, -0.25) is 4.79 Å². The molecule has 2 N–H and O–H groups in total. The fraction of sp³-hybridized carbons (Fsp3) is 0.143. The fourth-order valence-electron chi connectivity index (χ4n) is 2.39. The third kappa shape index (κ3) is 4.83. The predicted octanol–water partition coefficient (Wildman–Crippen LogP) is 4.13. The number of para-hydroxylation sites is 2. The summed E-state index contributed by atoms with van der Waals surface area (Å²) >= 11 is 0. The molecule has 1 amide bonds. The second-order valence-electron chi connectivity index (χ2n) is 6.23. The number of hydrogen-bond acceptors (Lipinski definition) is 6. The predicted molar refractivity (Wildman–Crippen MR) is 107 cm³/mol. The molecule has 0 saturated heterocycles. The minimum absolute atomic E-state index is 0.0390. The Labute approximate surface area is 163 Å². The van der Waals surface area contributed by atoms with Crippen molar-refractivity contribution in [3.05, 3.63) is 72.1 Å². The lowest BCUT2D eigenvalue weighted by Gasteiger charge is -2.14. The lowest BCUT2D eigenvalue weighted by atomic mass is 10.2. The number of rotatable bonds is 6. The molecular formula is C21H19N5O2. The first-order valence-corrected chi connectivity index (χ1v) is 8.71. The maximum Gasteiger partial charge on any atom is 0.258 e. The van der Waals surface area contributed by atoms with Crippen molar-refractivity contribution in [3.63, 3.8) is 0 Å². The van der Waals surface area contributed by atoms with Crippen molar-refractivity contribution in [3.8, 4) is 11.8 Å². The molecule has 7 nitrogen and oxygen atoms in total. The van der Waals surface area contributed by atoms with Crippen molar-refractivity contribution in [2.24, 2.45) is 0 Å². The number of nitriles is 1. The molecule has 0 fully saturated rings. The number of anilines is 3. The molecule has 1 aromatic heterocycles. The van der Waals surface area contributed by atoms with Gasteiger partial charge < -0.3 is 15.4 Å². The summed E-state index contributed by atoms with van der Waals surface area (Å²) in [5.41, 5.74) is 2.18. The van der Waals surface area contributed by atoms with Gasteiger partial charge in [-0.05, 0) is 50.2 Å². The molecule has 140 valence electrons. The molecule has 0 atom stereocenters. The highest BCUT2D eigenvalue weighted by molar-refractivity contribution is 6.03. The third-order valence-electron chi connectivity index (χ3n) is 3.68. The highest BCUT2D eigenvalue weighted by atomic mass is 16.5. The zero-order valence-electron chi connectivity index (χ0n) is 15.5. The van der Waals surface area contributed by atoms with Gasteiger partial charge in [-0.1, -0.05) is 12.1 Å². The number of nitrogens with zero attached hydrogens (tertiary/aromatic N) is 3. The van der Waals surface area contributed by atoms with E-state index in [1.165, 1.54) is 12.4 Å². The van der Waals surface area contributed by atoms with E-state index >= 15 is 0 Å². The first-order chi connectivity index (χ1) is 13.5. The molecule has 0 spiro atoms. The summed E-state index contributed by atoms with van der Waals surface area (Å²) in [7, 11) is 0. The maximum atomic E-state index is 12.3. The Balaban J connectivity index is 1.68. The molecular weight excluding hydrogens is 354 g/mol. The number of amides is 1. The Hall–Kier alpha value is -3.92. The Morgan fingerprint density at radius 1 is 1.07 bits per heavy atom. The zero-order chi connectivity index (χ0) is 19.9. The molecule has 0 unspecified atom stereocenters. The van der Waals surface area contributed by atoms with E-state index < -0.39 is 0 Å². The van der Waals surface area contributed by atoms with Gasteiger partial charge in [0.1, 0.15) is 5.75 Å². The average molecular weight is 373 g/mol. The van der Waals surface area contributed by atoms with Crippen LogP contribution in [0.15, 0.2) is 60.9 Å². The Kier molecular flexibility index (Phi) is 5.82. The molecule has 28 heavy (non-hydrogen) atoms. The van der Waals surface area contributed by atoms with Crippen LogP contribution in [0.2, 0.25) is 0 Å².